The highest BCUT2D eigenvalue weighted by Gasteiger charge is 1.98. The number of nitrogens with zero attached hydrogens (tertiary/aromatic N) is 1. The molecule has 1 rings (SSSR count). The summed E-state index contributed by atoms with van der Waals surface area (Å²) in [7, 11) is 0. The molecule has 0 spiro atoms. The molecule has 0 bridgehead atoms. The lowest BCUT2D eigenvalue weighted by molar-refractivity contribution is -0.118. The third-order valence-corrected chi connectivity index (χ3v) is 1.64. The summed E-state index contributed by atoms with van der Waals surface area (Å²) in [5, 5.41) is 3.78. The fourth-order valence-corrected chi connectivity index (χ4v) is 1.07. The Balaban J connectivity index is 2.74. The Kier molecular flexibility index (Phi) is 4.34. The summed E-state index contributed by atoms with van der Waals surface area (Å²) >= 11 is 0. The van der Waals surface area contributed by atoms with E-state index in [2.05, 4.69) is 10.5 Å². The number of ether oxygens (including phenoxy) is 1. The van der Waals surface area contributed by atoms with Crippen LogP contribution in [0.15, 0.2) is 29.4 Å². The van der Waals surface area contributed by atoms with Gasteiger partial charge in [-0.3, -0.25) is 4.79 Å². The van der Waals surface area contributed by atoms with Crippen molar-refractivity contribution < 1.29 is 9.53 Å². The maximum absolute atomic E-state index is 10.6. The summed E-state index contributed by atoms with van der Waals surface area (Å²) in [5.74, 6) is 0.564. The number of hydrazone groups is 1. The van der Waals surface area contributed by atoms with Gasteiger partial charge in [-0.05, 0) is 19.1 Å². The van der Waals surface area contributed by atoms with E-state index in [1.807, 2.05) is 31.2 Å². The van der Waals surface area contributed by atoms with Crippen LogP contribution in [-0.2, 0) is 4.79 Å². The van der Waals surface area contributed by atoms with Gasteiger partial charge in [0.25, 0.3) is 0 Å². The first-order chi connectivity index (χ1) is 7.24. The van der Waals surface area contributed by atoms with Crippen LogP contribution in [-0.4, -0.2) is 18.7 Å². The fraction of sp³-hybridized carbons (Fsp3) is 0.273. The van der Waals surface area contributed by atoms with Gasteiger partial charge >= 0.3 is 0 Å². The van der Waals surface area contributed by atoms with E-state index in [9.17, 15) is 4.79 Å². The van der Waals surface area contributed by atoms with Gasteiger partial charge in [-0.1, -0.05) is 12.1 Å². The Morgan fingerprint density at radius 2 is 2.27 bits per heavy atom. The Morgan fingerprint density at radius 1 is 1.53 bits per heavy atom. The number of hydrogen-bond acceptors (Lipinski definition) is 3. The minimum atomic E-state index is -0.194. The molecule has 4 heteroatoms. The molecule has 0 fully saturated rings. The van der Waals surface area contributed by atoms with Crippen LogP contribution < -0.4 is 10.2 Å². The summed E-state index contributed by atoms with van der Waals surface area (Å²) in [6.45, 7) is 3.93. The maximum Gasteiger partial charge on any atom is 0.236 e. The van der Waals surface area contributed by atoms with Gasteiger partial charge in [0, 0.05) is 12.5 Å². The van der Waals surface area contributed by atoms with Crippen molar-refractivity contribution in [3.63, 3.8) is 0 Å². The zero-order valence-electron chi connectivity index (χ0n) is 8.86. The van der Waals surface area contributed by atoms with Crippen LogP contribution in [0.3, 0.4) is 0 Å². The second-order valence-electron chi connectivity index (χ2n) is 2.90. The third kappa shape index (κ3) is 3.81. The molecule has 0 unspecified atom stereocenters. The Morgan fingerprint density at radius 3 is 2.93 bits per heavy atom. The van der Waals surface area contributed by atoms with Crippen LogP contribution in [0.25, 0.3) is 0 Å². The molecule has 0 atom stereocenters. The molecule has 0 radical (unpaired) electrons. The molecule has 0 aliphatic heterocycles. The molecule has 15 heavy (non-hydrogen) atoms. The van der Waals surface area contributed by atoms with Crippen molar-refractivity contribution in [1.82, 2.24) is 5.43 Å². The van der Waals surface area contributed by atoms with Gasteiger partial charge in [0.05, 0.1) is 12.8 Å². The summed E-state index contributed by atoms with van der Waals surface area (Å²) < 4.78 is 5.39. The molecule has 0 aliphatic carbocycles. The molecule has 0 saturated heterocycles. The maximum atomic E-state index is 10.6. The molecular weight excluding hydrogens is 192 g/mol. The average molecular weight is 206 g/mol. The fourth-order valence-electron chi connectivity index (χ4n) is 1.07. The van der Waals surface area contributed by atoms with Crippen LogP contribution in [0, 0.1) is 0 Å². The molecule has 1 aromatic carbocycles. The van der Waals surface area contributed by atoms with Gasteiger partial charge in [-0.2, -0.15) is 5.10 Å². The van der Waals surface area contributed by atoms with E-state index in [1.54, 1.807) is 6.21 Å². The molecule has 4 nitrogen and oxygen atoms in total. The number of benzene rings is 1. The predicted molar refractivity (Wildman–Crippen MR) is 59.0 cm³/mol. The lowest BCUT2D eigenvalue weighted by Crippen LogP contribution is -2.12. The topological polar surface area (TPSA) is 50.7 Å². The van der Waals surface area contributed by atoms with E-state index < -0.39 is 0 Å². The molecule has 1 amide bonds. The number of amides is 1. The van der Waals surface area contributed by atoms with E-state index in [-0.39, 0.29) is 5.91 Å². The van der Waals surface area contributed by atoms with Crippen LogP contribution in [0.4, 0.5) is 0 Å². The second-order valence-corrected chi connectivity index (χ2v) is 2.90. The normalized spacial score (nSPS) is 10.3. The zero-order valence-corrected chi connectivity index (χ0v) is 8.86. The monoisotopic (exact) mass is 206 g/mol. The minimum Gasteiger partial charge on any atom is -0.493 e. The van der Waals surface area contributed by atoms with Gasteiger partial charge < -0.3 is 4.74 Å². The minimum absolute atomic E-state index is 0.194. The predicted octanol–water partition coefficient (Wildman–Crippen LogP) is 1.56. The molecule has 80 valence electrons. The molecular formula is C11H14N2O2. The Bertz CT molecular complexity index is 361. The van der Waals surface area contributed by atoms with Crippen molar-refractivity contribution in [1.29, 1.82) is 0 Å². The standard InChI is InChI=1S/C11H14N2O2/c1-3-15-11-7-5-4-6-10(11)8-12-13-9(2)14/h4-8H,3H2,1-2H3,(H,13,14). The first-order valence-corrected chi connectivity index (χ1v) is 4.75. The van der Waals surface area contributed by atoms with Crippen molar-refractivity contribution in [2.45, 2.75) is 13.8 Å². The number of hydrogen-bond donors (Lipinski definition) is 1. The average Bonchev–Trinajstić information content (AvgIpc) is 2.20. The van der Waals surface area contributed by atoms with Gasteiger partial charge in [0.1, 0.15) is 5.75 Å². The van der Waals surface area contributed by atoms with E-state index in [0.717, 1.165) is 11.3 Å². The van der Waals surface area contributed by atoms with Crippen LogP contribution >= 0.6 is 0 Å². The second kappa shape index (κ2) is 5.80. The quantitative estimate of drug-likeness (QED) is 0.600. The highest BCUT2D eigenvalue weighted by Crippen LogP contribution is 2.15. The summed E-state index contributed by atoms with van der Waals surface area (Å²) in [6.07, 6.45) is 1.56. The van der Waals surface area contributed by atoms with Gasteiger partial charge in [0.15, 0.2) is 0 Å². The van der Waals surface area contributed by atoms with Crippen molar-refractivity contribution in [3.8, 4) is 5.75 Å². The van der Waals surface area contributed by atoms with Crippen LogP contribution in [0.2, 0.25) is 0 Å². The van der Waals surface area contributed by atoms with Gasteiger partial charge in [-0.15, -0.1) is 0 Å². The van der Waals surface area contributed by atoms with Gasteiger partial charge in [-0.25, -0.2) is 5.43 Å². The van der Waals surface area contributed by atoms with E-state index in [4.69, 9.17) is 4.74 Å². The van der Waals surface area contributed by atoms with E-state index >= 15 is 0 Å². The number of para-hydroxylation sites is 1. The highest BCUT2D eigenvalue weighted by molar-refractivity contribution is 5.84. The Labute approximate surface area is 88.9 Å². The van der Waals surface area contributed by atoms with Crippen molar-refractivity contribution in [2.75, 3.05) is 6.61 Å². The van der Waals surface area contributed by atoms with Crippen molar-refractivity contribution >= 4 is 12.1 Å². The molecule has 1 aromatic rings. The third-order valence-electron chi connectivity index (χ3n) is 1.64. The molecule has 0 saturated carbocycles. The zero-order chi connectivity index (χ0) is 11.1. The van der Waals surface area contributed by atoms with Crippen molar-refractivity contribution in [3.05, 3.63) is 29.8 Å². The van der Waals surface area contributed by atoms with Crippen LogP contribution in [0.5, 0.6) is 5.75 Å². The highest BCUT2D eigenvalue weighted by atomic mass is 16.5. The lowest BCUT2D eigenvalue weighted by atomic mass is 10.2. The Hall–Kier alpha value is -1.84. The SMILES string of the molecule is CCOc1ccccc1C=NNC(C)=O. The molecule has 0 aliphatic rings. The van der Waals surface area contributed by atoms with Gasteiger partial charge in [0.2, 0.25) is 5.91 Å². The van der Waals surface area contributed by atoms with Crippen molar-refractivity contribution in [2.24, 2.45) is 5.10 Å². The largest absolute Gasteiger partial charge is 0.493 e. The summed E-state index contributed by atoms with van der Waals surface area (Å²) in [4.78, 5) is 10.6. The summed E-state index contributed by atoms with van der Waals surface area (Å²) in [6, 6.07) is 7.51. The van der Waals surface area contributed by atoms with E-state index in [1.165, 1.54) is 6.92 Å². The lowest BCUT2D eigenvalue weighted by Gasteiger charge is -2.05. The number of nitrogens with one attached hydrogen (secondary N) is 1. The number of carbonyl (C=O) groups is 1. The van der Waals surface area contributed by atoms with E-state index in [0.29, 0.717) is 6.61 Å². The smallest absolute Gasteiger partial charge is 0.236 e. The summed E-state index contributed by atoms with van der Waals surface area (Å²) in [5.41, 5.74) is 3.18. The first kappa shape index (κ1) is 11.2. The number of rotatable bonds is 4. The molecule has 0 heterocycles. The molecule has 1 N–H and O–H groups in total. The van der Waals surface area contributed by atoms with Crippen LogP contribution in [0.1, 0.15) is 19.4 Å². The molecule has 0 aromatic heterocycles. The first-order valence-electron chi connectivity index (χ1n) is 4.75. The number of carbonyl (C=O) groups excluding carboxylic acids is 1.